The molecule has 1 atom stereocenters. The van der Waals surface area contributed by atoms with Gasteiger partial charge in [-0.25, -0.2) is 9.59 Å². The van der Waals surface area contributed by atoms with Gasteiger partial charge in [0.25, 0.3) is 5.91 Å². The number of rotatable bonds is 7. The number of urea groups is 1. The van der Waals surface area contributed by atoms with Crippen LogP contribution in [0.4, 0.5) is 4.79 Å². The van der Waals surface area contributed by atoms with E-state index < -0.39 is 12.0 Å². The lowest BCUT2D eigenvalue weighted by Gasteiger charge is -2.35. The number of nitrogens with zero attached hydrogens (tertiary/aromatic N) is 2. The third-order valence-corrected chi connectivity index (χ3v) is 6.46. The SMILES string of the molecule is CC1=C(C(=O)O)C(c2cccc(Cl)c2)NC(=O)N1CCCN(C)C(=O)c1ccc(C(C)(C)C)cc1. The first-order chi connectivity index (χ1) is 16.4. The molecule has 0 bridgehead atoms. The van der Waals surface area contributed by atoms with E-state index >= 15 is 0 Å². The number of amides is 3. The van der Waals surface area contributed by atoms with Gasteiger partial charge in [0.2, 0.25) is 0 Å². The molecule has 2 aromatic carbocycles. The number of benzene rings is 2. The summed E-state index contributed by atoms with van der Waals surface area (Å²) >= 11 is 6.07. The molecule has 1 unspecified atom stereocenters. The minimum absolute atomic E-state index is 0.00839. The number of aliphatic carboxylic acids is 1. The molecule has 1 aliphatic rings. The van der Waals surface area contributed by atoms with E-state index in [1.807, 2.05) is 24.3 Å². The fourth-order valence-electron chi connectivity index (χ4n) is 4.16. The molecule has 8 heteroatoms. The summed E-state index contributed by atoms with van der Waals surface area (Å²) in [4.78, 5) is 40.8. The van der Waals surface area contributed by atoms with Crippen LogP contribution >= 0.6 is 11.6 Å². The summed E-state index contributed by atoms with van der Waals surface area (Å²) in [5.41, 5.74) is 2.83. The van der Waals surface area contributed by atoms with Crippen LogP contribution in [0.5, 0.6) is 0 Å². The lowest BCUT2D eigenvalue weighted by molar-refractivity contribution is -0.133. The number of carboxylic acid groups (broad SMARTS) is 1. The zero-order valence-electron chi connectivity index (χ0n) is 20.8. The smallest absolute Gasteiger partial charge is 0.335 e. The Morgan fingerprint density at radius 2 is 1.80 bits per heavy atom. The van der Waals surface area contributed by atoms with Crippen LogP contribution in [0.1, 0.15) is 61.6 Å². The second-order valence-corrected chi connectivity index (χ2v) is 10.2. The van der Waals surface area contributed by atoms with Crippen LogP contribution in [0.3, 0.4) is 0 Å². The highest BCUT2D eigenvalue weighted by atomic mass is 35.5. The number of carbonyl (C=O) groups is 3. The third kappa shape index (κ3) is 6.03. The predicted molar refractivity (Wildman–Crippen MR) is 136 cm³/mol. The highest BCUT2D eigenvalue weighted by Crippen LogP contribution is 2.31. The van der Waals surface area contributed by atoms with Gasteiger partial charge in [-0.05, 0) is 54.2 Å². The molecule has 0 aromatic heterocycles. The van der Waals surface area contributed by atoms with E-state index in [9.17, 15) is 19.5 Å². The second-order valence-electron chi connectivity index (χ2n) is 9.80. The van der Waals surface area contributed by atoms with Crippen LogP contribution in [0, 0.1) is 0 Å². The van der Waals surface area contributed by atoms with E-state index in [0.717, 1.165) is 5.56 Å². The van der Waals surface area contributed by atoms with Gasteiger partial charge in [0.05, 0.1) is 11.6 Å². The lowest BCUT2D eigenvalue weighted by Crippen LogP contribution is -2.48. The molecule has 0 spiro atoms. The monoisotopic (exact) mass is 497 g/mol. The summed E-state index contributed by atoms with van der Waals surface area (Å²) in [6, 6.07) is 13.2. The van der Waals surface area contributed by atoms with Crippen LogP contribution in [-0.4, -0.2) is 53.0 Å². The number of halogens is 1. The zero-order valence-corrected chi connectivity index (χ0v) is 21.5. The van der Waals surface area contributed by atoms with Crippen molar-refractivity contribution in [3.63, 3.8) is 0 Å². The van der Waals surface area contributed by atoms with Crippen molar-refractivity contribution in [1.29, 1.82) is 0 Å². The van der Waals surface area contributed by atoms with Crippen molar-refractivity contribution in [2.45, 2.75) is 45.6 Å². The van der Waals surface area contributed by atoms with Gasteiger partial charge in [-0.2, -0.15) is 0 Å². The molecule has 2 aromatic rings. The van der Waals surface area contributed by atoms with Crippen LogP contribution < -0.4 is 5.32 Å². The first-order valence-corrected chi connectivity index (χ1v) is 11.9. The Labute approximate surface area is 211 Å². The van der Waals surface area contributed by atoms with Crippen LogP contribution in [0.2, 0.25) is 5.02 Å². The highest BCUT2D eigenvalue weighted by Gasteiger charge is 2.35. The summed E-state index contributed by atoms with van der Waals surface area (Å²) in [6.45, 7) is 8.68. The van der Waals surface area contributed by atoms with E-state index in [2.05, 4.69) is 26.1 Å². The van der Waals surface area contributed by atoms with E-state index in [0.29, 0.717) is 34.8 Å². The average Bonchev–Trinajstić information content (AvgIpc) is 2.79. The molecule has 0 saturated carbocycles. The average molecular weight is 498 g/mol. The summed E-state index contributed by atoms with van der Waals surface area (Å²) in [5, 5.41) is 13.1. The lowest BCUT2D eigenvalue weighted by atomic mass is 9.86. The van der Waals surface area contributed by atoms with Crippen molar-refractivity contribution in [2.24, 2.45) is 0 Å². The third-order valence-electron chi connectivity index (χ3n) is 6.23. The molecule has 3 rings (SSSR count). The normalized spacial score (nSPS) is 16.2. The van der Waals surface area contributed by atoms with Gasteiger partial charge in [-0.15, -0.1) is 0 Å². The molecule has 35 heavy (non-hydrogen) atoms. The summed E-state index contributed by atoms with van der Waals surface area (Å²) in [6.07, 6.45) is 0.488. The van der Waals surface area contributed by atoms with Crippen molar-refractivity contribution in [1.82, 2.24) is 15.1 Å². The molecular weight excluding hydrogens is 466 g/mol. The standard InChI is InChI=1S/C27H32ClN3O4/c1-17-22(25(33)34)23(19-8-6-9-21(28)16-19)29-26(35)31(17)15-7-14-30(5)24(32)18-10-12-20(13-11-18)27(2,3)4/h6,8-13,16,23H,7,14-15H2,1-5H3,(H,29,35)(H,33,34). The van der Waals surface area contributed by atoms with Gasteiger partial charge >= 0.3 is 12.0 Å². The summed E-state index contributed by atoms with van der Waals surface area (Å²) in [5.74, 6) is -1.21. The van der Waals surface area contributed by atoms with Crippen molar-refractivity contribution in [3.05, 3.63) is 81.5 Å². The van der Waals surface area contributed by atoms with Gasteiger partial charge in [0, 0.05) is 36.4 Å². The Morgan fingerprint density at radius 3 is 2.37 bits per heavy atom. The number of nitrogens with one attached hydrogen (secondary N) is 1. The van der Waals surface area contributed by atoms with Crippen molar-refractivity contribution < 1.29 is 19.5 Å². The molecule has 186 valence electrons. The number of allylic oxidation sites excluding steroid dienone is 1. The Balaban J connectivity index is 1.68. The Morgan fingerprint density at radius 1 is 1.14 bits per heavy atom. The van der Waals surface area contributed by atoms with E-state index in [-0.39, 0.29) is 29.5 Å². The topological polar surface area (TPSA) is 89.9 Å². The molecule has 1 aliphatic heterocycles. The van der Waals surface area contributed by atoms with Gasteiger partial charge in [0.1, 0.15) is 0 Å². The molecular formula is C27H32ClN3O4. The van der Waals surface area contributed by atoms with Gasteiger partial charge in [-0.1, -0.05) is 56.6 Å². The van der Waals surface area contributed by atoms with Gasteiger partial charge in [0.15, 0.2) is 0 Å². The first kappa shape index (κ1) is 26.3. The van der Waals surface area contributed by atoms with E-state index in [1.54, 1.807) is 43.1 Å². The molecule has 0 radical (unpaired) electrons. The van der Waals surface area contributed by atoms with E-state index in [1.165, 1.54) is 4.90 Å². The Hall–Kier alpha value is -3.32. The first-order valence-electron chi connectivity index (χ1n) is 11.5. The Kier molecular flexibility index (Phi) is 7.90. The molecule has 0 fully saturated rings. The van der Waals surface area contributed by atoms with Crippen LogP contribution in [-0.2, 0) is 10.2 Å². The fourth-order valence-corrected chi connectivity index (χ4v) is 4.36. The van der Waals surface area contributed by atoms with Gasteiger partial charge in [-0.3, -0.25) is 9.69 Å². The van der Waals surface area contributed by atoms with Crippen LogP contribution in [0.15, 0.2) is 59.8 Å². The largest absolute Gasteiger partial charge is 0.478 e. The predicted octanol–water partition coefficient (Wildman–Crippen LogP) is 5.22. The summed E-state index contributed by atoms with van der Waals surface area (Å²) < 4.78 is 0. The molecule has 1 heterocycles. The molecule has 2 N–H and O–H groups in total. The van der Waals surface area contributed by atoms with E-state index in [4.69, 9.17) is 11.6 Å². The van der Waals surface area contributed by atoms with Crippen molar-refractivity contribution in [2.75, 3.05) is 20.1 Å². The summed E-state index contributed by atoms with van der Waals surface area (Å²) in [7, 11) is 1.72. The molecule has 0 aliphatic carbocycles. The minimum atomic E-state index is -1.11. The number of carbonyl (C=O) groups excluding carboxylic acids is 2. The van der Waals surface area contributed by atoms with Crippen molar-refractivity contribution >= 4 is 29.5 Å². The van der Waals surface area contributed by atoms with Gasteiger partial charge < -0.3 is 15.3 Å². The fraction of sp³-hybridized carbons (Fsp3) is 0.370. The molecule has 7 nitrogen and oxygen atoms in total. The maximum Gasteiger partial charge on any atom is 0.335 e. The maximum atomic E-state index is 12.9. The highest BCUT2D eigenvalue weighted by molar-refractivity contribution is 6.30. The number of carboxylic acids is 1. The quantitative estimate of drug-likeness (QED) is 0.548. The zero-order chi connectivity index (χ0) is 25.9. The molecule has 0 saturated heterocycles. The minimum Gasteiger partial charge on any atom is -0.478 e. The van der Waals surface area contributed by atoms with Crippen molar-refractivity contribution in [3.8, 4) is 0 Å². The second kappa shape index (κ2) is 10.5. The Bertz CT molecular complexity index is 1150. The number of hydrogen-bond acceptors (Lipinski definition) is 3. The number of hydrogen-bond donors (Lipinski definition) is 2. The maximum absolute atomic E-state index is 12.9. The van der Waals surface area contributed by atoms with Crippen LogP contribution in [0.25, 0.3) is 0 Å². The molecule has 3 amide bonds.